The van der Waals surface area contributed by atoms with Crippen molar-refractivity contribution in [3.63, 3.8) is 0 Å². The van der Waals surface area contributed by atoms with Crippen molar-refractivity contribution in [2.45, 2.75) is 13.5 Å². The summed E-state index contributed by atoms with van der Waals surface area (Å²) in [7, 11) is 0. The molecule has 0 aliphatic carbocycles. The molecule has 0 saturated carbocycles. The molecule has 1 heterocycles. The predicted octanol–water partition coefficient (Wildman–Crippen LogP) is 0.556. The topological polar surface area (TPSA) is 30.7 Å². The molecular weight excluding hydrogens is 121 g/mol. The van der Waals surface area contributed by atoms with Crippen molar-refractivity contribution in [1.82, 2.24) is 15.0 Å². The number of rotatable bonds is 2. The standard InChI is InChI=1S/C5H8FN3/c1-5-4-7-9(8-5)3-2-6/h4H,2-3H2,1H3. The number of aromatic nitrogens is 3. The van der Waals surface area contributed by atoms with Crippen LogP contribution in [-0.2, 0) is 6.54 Å². The second-order valence-electron chi connectivity index (χ2n) is 1.77. The van der Waals surface area contributed by atoms with E-state index in [2.05, 4.69) is 10.2 Å². The molecule has 0 amide bonds. The highest BCUT2D eigenvalue weighted by atomic mass is 19.1. The average Bonchev–Trinajstić information content (AvgIpc) is 2.17. The summed E-state index contributed by atoms with van der Waals surface area (Å²) in [6, 6.07) is 0. The fourth-order valence-electron chi connectivity index (χ4n) is 0.567. The summed E-state index contributed by atoms with van der Waals surface area (Å²) in [4.78, 5) is 1.34. The predicted molar refractivity (Wildman–Crippen MR) is 30.7 cm³/mol. The van der Waals surface area contributed by atoms with Crippen LogP contribution >= 0.6 is 0 Å². The Bertz CT molecular complexity index is 184. The highest BCUT2D eigenvalue weighted by Crippen LogP contribution is 1.86. The summed E-state index contributed by atoms with van der Waals surface area (Å²) in [5.74, 6) is 0. The smallest absolute Gasteiger partial charge is 0.111 e. The first-order valence-electron chi connectivity index (χ1n) is 2.75. The molecule has 0 saturated heterocycles. The van der Waals surface area contributed by atoms with Gasteiger partial charge >= 0.3 is 0 Å². The SMILES string of the molecule is Cc1cnn(CCF)n1. The summed E-state index contributed by atoms with van der Waals surface area (Å²) in [5, 5.41) is 7.64. The third-order valence-corrected chi connectivity index (χ3v) is 0.936. The molecule has 3 nitrogen and oxygen atoms in total. The zero-order chi connectivity index (χ0) is 6.69. The average molecular weight is 129 g/mol. The minimum absolute atomic E-state index is 0.258. The Morgan fingerprint density at radius 3 is 3.00 bits per heavy atom. The minimum atomic E-state index is -0.409. The summed E-state index contributed by atoms with van der Waals surface area (Å²) >= 11 is 0. The lowest BCUT2D eigenvalue weighted by Gasteiger charge is -1.89. The van der Waals surface area contributed by atoms with Gasteiger partial charge in [-0.05, 0) is 6.92 Å². The maximum Gasteiger partial charge on any atom is 0.111 e. The van der Waals surface area contributed by atoms with Crippen LogP contribution in [0.5, 0.6) is 0 Å². The van der Waals surface area contributed by atoms with E-state index in [0.29, 0.717) is 0 Å². The van der Waals surface area contributed by atoms with Crippen molar-refractivity contribution in [2.75, 3.05) is 6.67 Å². The highest BCUT2D eigenvalue weighted by molar-refractivity contribution is 4.84. The van der Waals surface area contributed by atoms with E-state index in [1.165, 1.54) is 4.80 Å². The van der Waals surface area contributed by atoms with E-state index in [1.807, 2.05) is 6.92 Å². The molecule has 4 heteroatoms. The Hall–Kier alpha value is -0.930. The molecule has 0 unspecified atom stereocenters. The Labute approximate surface area is 52.5 Å². The first-order chi connectivity index (χ1) is 4.33. The number of halogens is 1. The zero-order valence-corrected chi connectivity index (χ0v) is 5.21. The Balaban J connectivity index is 2.61. The van der Waals surface area contributed by atoms with Crippen LogP contribution < -0.4 is 0 Å². The molecule has 0 N–H and O–H groups in total. The van der Waals surface area contributed by atoms with Crippen LogP contribution in [0.25, 0.3) is 0 Å². The third-order valence-electron chi connectivity index (χ3n) is 0.936. The van der Waals surface area contributed by atoms with Gasteiger partial charge in [-0.3, -0.25) is 0 Å². The molecule has 9 heavy (non-hydrogen) atoms. The van der Waals surface area contributed by atoms with Crippen molar-refractivity contribution < 1.29 is 4.39 Å². The molecule has 0 radical (unpaired) electrons. The lowest BCUT2D eigenvalue weighted by Crippen LogP contribution is -2.03. The van der Waals surface area contributed by atoms with Crippen molar-refractivity contribution in [3.8, 4) is 0 Å². The van der Waals surface area contributed by atoms with Gasteiger partial charge in [-0.2, -0.15) is 15.0 Å². The van der Waals surface area contributed by atoms with E-state index < -0.39 is 6.67 Å². The van der Waals surface area contributed by atoms with Gasteiger partial charge < -0.3 is 0 Å². The van der Waals surface area contributed by atoms with Crippen molar-refractivity contribution >= 4 is 0 Å². The van der Waals surface area contributed by atoms with E-state index >= 15 is 0 Å². The number of hydrogen-bond acceptors (Lipinski definition) is 2. The van der Waals surface area contributed by atoms with Gasteiger partial charge in [0.1, 0.15) is 6.67 Å². The summed E-state index contributed by atoms with van der Waals surface area (Å²) < 4.78 is 11.6. The molecule has 0 fully saturated rings. The molecular formula is C5H8FN3. The van der Waals surface area contributed by atoms with Crippen LogP contribution in [0.4, 0.5) is 4.39 Å². The fourth-order valence-corrected chi connectivity index (χ4v) is 0.567. The Morgan fingerprint density at radius 2 is 2.56 bits per heavy atom. The van der Waals surface area contributed by atoms with E-state index in [1.54, 1.807) is 6.20 Å². The quantitative estimate of drug-likeness (QED) is 0.584. The molecule has 1 aromatic heterocycles. The lowest BCUT2D eigenvalue weighted by atomic mass is 10.6. The van der Waals surface area contributed by atoms with Crippen molar-refractivity contribution in [1.29, 1.82) is 0 Å². The first-order valence-corrected chi connectivity index (χ1v) is 2.75. The molecule has 50 valence electrons. The van der Waals surface area contributed by atoms with Crippen molar-refractivity contribution in [2.24, 2.45) is 0 Å². The van der Waals surface area contributed by atoms with Gasteiger partial charge in [0, 0.05) is 0 Å². The van der Waals surface area contributed by atoms with E-state index in [0.717, 1.165) is 5.69 Å². The van der Waals surface area contributed by atoms with E-state index in [9.17, 15) is 4.39 Å². The van der Waals surface area contributed by atoms with Crippen LogP contribution in [0.2, 0.25) is 0 Å². The molecule has 0 bridgehead atoms. The summed E-state index contributed by atoms with van der Waals surface area (Å²) in [5.41, 5.74) is 0.823. The maximum atomic E-state index is 11.6. The van der Waals surface area contributed by atoms with Crippen molar-refractivity contribution in [3.05, 3.63) is 11.9 Å². The molecule has 1 aromatic rings. The van der Waals surface area contributed by atoms with Crippen LogP contribution in [0.1, 0.15) is 5.69 Å². The first kappa shape index (κ1) is 6.19. The molecule has 0 atom stereocenters. The van der Waals surface area contributed by atoms with Crippen LogP contribution in [-0.4, -0.2) is 21.7 Å². The van der Waals surface area contributed by atoms with E-state index in [-0.39, 0.29) is 6.54 Å². The normalized spacial score (nSPS) is 10.0. The Kier molecular flexibility index (Phi) is 1.77. The van der Waals surface area contributed by atoms with Crippen LogP contribution in [0.3, 0.4) is 0 Å². The Morgan fingerprint density at radius 1 is 1.78 bits per heavy atom. The molecule has 0 aliphatic heterocycles. The molecule has 0 aromatic carbocycles. The highest BCUT2D eigenvalue weighted by Gasteiger charge is 1.92. The second-order valence-corrected chi connectivity index (χ2v) is 1.77. The number of alkyl halides is 1. The van der Waals surface area contributed by atoms with Gasteiger partial charge in [0.25, 0.3) is 0 Å². The monoisotopic (exact) mass is 129 g/mol. The molecule has 0 aliphatic rings. The van der Waals surface area contributed by atoms with Gasteiger partial charge in [0.2, 0.25) is 0 Å². The number of aryl methyl sites for hydroxylation is 2. The fraction of sp³-hybridized carbons (Fsp3) is 0.600. The summed E-state index contributed by atoms with van der Waals surface area (Å²) in [6.07, 6.45) is 1.61. The van der Waals surface area contributed by atoms with Gasteiger partial charge in [-0.25, -0.2) is 4.39 Å². The lowest BCUT2D eigenvalue weighted by molar-refractivity contribution is 0.401. The van der Waals surface area contributed by atoms with Crippen LogP contribution in [0.15, 0.2) is 6.20 Å². The second kappa shape index (κ2) is 2.57. The largest absolute Gasteiger partial charge is 0.249 e. The van der Waals surface area contributed by atoms with Gasteiger partial charge in [0.05, 0.1) is 18.4 Å². The molecule has 0 spiro atoms. The minimum Gasteiger partial charge on any atom is -0.249 e. The van der Waals surface area contributed by atoms with Gasteiger partial charge in [-0.15, -0.1) is 0 Å². The zero-order valence-electron chi connectivity index (χ0n) is 5.21. The van der Waals surface area contributed by atoms with E-state index in [4.69, 9.17) is 0 Å². The van der Waals surface area contributed by atoms with Crippen LogP contribution in [0, 0.1) is 6.92 Å². The summed E-state index contributed by atoms with van der Waals surface area (Å²) in [6.45, 7) is 1.67. The maximum absolute atomic E-state index is 11.6. The number of nitrogens with zero attached hydrogens (tertiary/aromatic N) is 3. The number of hydrogen-bond donors (Lipinski definition) is 0. The van der Waals surface area contributed by atoms with Gasteiger partial charge in [-0.1, -0.05) is 0 Å². The molecule has 1 rings (SSSR count). The third kappa shape index (κ3) is 1.48. The van der Waals surface area contributed by atoms with Gasteiger partial charge in [0.15, 0.2) is 0 Å².